The van der Waals surface area contributed by atoms with Gasteiger partial charge in [-0.1, -0.05) is 50.2 Å². The van der Waals surface area contributed by atoms with Crippen molar-refractivity contribution in [2.24, 2.45) is 0 Å². The van der Waals surface area contributed by atoms with E-state index < -0.39 is 0 Å². The first-order chi connectivity index (χ1) is 19.7. The van der Waals surface area contributed by atoms with Gasteiger partial charge in [0.05, 0.1) is 18.6 Å². The highest BCUT2D eigenvalue weighted by atomic mass is 32.2. The van der Waals surface area contributed by atoms with E-state index in [4.69, 9.17) is 14.2 Å². The number of hydrogen-bond acceptors (Lipinski definition) is 7. The highest BCUT2D eigenvalue weighted by Gasteiger charge is 2.34. The van der Waals surface area contributed by atoms with Crippen LogP contribution in [0.3, 0.4) is 0 Å². The molecule has 0 radical (unpaired) electrons. The first-order valence-electron chi connectivity index (χ1n) is 13.3. The Morgan fingerprint density at radius 1 is 0.976 bits per heavy atom. The number of thioether (sulfide) groups is 1. The molecule has 9 heteroatoms. The second-order valence-corrected chi connectivity index (χ2v) is 10.9. The topological polar surface area (TPSA) is 94.2 Å². The summed E-state index contributed by atoms with van der Waals surface area (Å²) in [6, 6.07) is 18.7. The summed E-state index contributed by atoms with van der Waals surface area (Å²) in [7, 11) is 1.49. The van der Waals surface area contributed by atoms with Gasteiger partial charge in [-0.2, -0.15) is 0 Å². The highest BCUT2D eigenvalue weighted by Crippen LogP contribution is 2.34. The van der Waals surface area contributed by atoms with Gasteiger partial charge in [0.2, 0.25) is 0 Å². The van der Waals surface area contributed by atoms with E-state index in [1.54, 1.807) is 24.3 Å². The Labute approximate surface area is 244 Å². The Morgan fingerprint density at radius 3 is 2.51 bits per heavy atom. The van der Waals surface area contributed by atoms with Crippen molar-refractivity contribution in [1.29, 1.82) is 0 Å². The van der Waals surface area contributed by atoms with E-state index in [0.29, 0.717) is 22.0 Å². The number of imide groups is 1. The van der Waals surface area contributed by atoms with Crippen LogP contribution in [0.5, 0.6) is 17.2 Å². The third-order valence-electron chi connectivity index (χ3n) is 6.49. The van der Waals surface area contributed by atoms with E-state index in [1.807, 2.05) is 56.3 Å². The molecule has 0 saturated carbocycles. The van der Waals surface area contributed by atoms with Crippen molar-refractivity contribution in [1.82, 2.24) is 4.90 Å². The number of carbonyl (C=O) groups is 3. The SMILES string of the molecule is COc1cc(/C=C2\SC(=O)N(CCOc3cc(C)ccc3C)C2=O)ccc1OCC(=O)Nc1ccccc1C(C)C. The molecule has 0 bridgehead atoms. The van der Waals surface area contributed by atoms with Gasteiger partial charge in [0.1, 0.15) is 12.4 Å². The fourth-order valence-electron chi connectivity index (χ4n) is 4.29. The van der Waals surface area contributed by atoms with E-state index in [0.717, 1.165) is 39.9 Å². The van der Waals surface area contributed by atoms with Gasteiger partial charge < -0.3 is 19.5 Å². The van der Waals surface area contributed by atoms with Crippen LogP contribution in [0.2, 0.25) is 0 Å². The largest absolute Gasteiger partial charge is 0.493 e. The summed E-state index contributed by atoms with van der Waals surface area (Å²) in [5.41, 5.74) is 4.51. The van der Waals surface area contributed by atoms with Crippen molar-refractivity contribution in [3.05, 3.63) is 87.8 Å². The van der Waals surface area contributed by atoms with Crippen molar-refractivity contribution >= 4 is 40.6 Å². The third kappa shape index (κ3) is 7.49. The van der Waals surface area contributed by atoms with Crippen molar-refractivity contribution in [2.45, 2.75) is 33.6 Å². The second-order valence-electron chi connectivity index (χ2n) is 9.94. The number of amides is 3. The van der Waals surface area contributed by atoms with Gasteiger partial charge in [0.25, 0.3) is 17.1 Å². The lowest BCUT2D eigenvalue weighted by atomic mass is 10.0. The molecule has 41 heavy (non-hydrogen) atoms. The Morgan fingerprint density at radius 2 is 1.76 bits per heavy atom. The molecular formula is C32H34N2O6S. The lowest BCUT2D eigenvalue weighted by Crippen LogP contribution is -2.32. The smallest absolute Gasteiger partial charge is 0.293 e. The molecule has 1 saturated heterocycles. The number of carbonyl (C=O) groups excluding carboxylic acids is 3. The molecule has 214 valence electrons. The summed E-state index contributed by atoms with van der Waals surface area (Å²) >= 11 is 0.882. The van der Waals surface area contributed by atoms with E-state index in [-0.39, 0.29) is 42.7 Å². The Balaban J connectivity index is 1.36. The summed E-state index contributed by atoms with van der Waals surface area (Å²) in [5, 5.41) is 2.56. The molecular weight excluding hydrogens is 540 g/mol. The molecule has 8 nitrogen and oxygen atoms in total. The number of anilines is 1. The van der Waals surface area contributed by atoms with Gasteiger partial charge >= 0.3 is 0 Å². The standard InChI is InChI=1S/C32H34N2O6S/c1-20(2)24-8-6-7-9-25(24)33-30(35)19-40-26-13-12-23(17-28(26)38-5)18-29-31(36)34(32(37)41-29)14-15-39-27-16-21(3)10-11-22(27)4/h6-13,16-18,20H,14-15,19H2,1-5H3,(H,33,35)/b29-18-. The zero-order chi connectivity index (χ0) is 29.5. The minimum absolute atomic E-state index is 0.148. The van der Waals surface area contributed by atoms with Crippen molar-refractivity contribution in [3.8, 4) is 17.2 Å². The number of ether oxygens (including phenoxy) is 3. The van der Waals surface area contributed by atoms with Crippen LogP contribution in [-0.2, 0) is 9.59 Å². The van der Waals surface area contributed by atoms with Crippen LogP contribution < -0.4 is 19.5 Å². The summed E-state index contributed by atoms with van der Waals surface area (Å²) in [5.74, 6) is 1.11. The Hall–Kier alpha value is -4.24. The van der Waals surface area contributed by atoms with Crippen LogP contribution in [0.25, 0.3) is 6.08 Å². The summed E-state index contributed by atoms with van der Waals surface area (Å²) in [6.45, 7) is 8.20. The predicted octanol–water partition coefficient (Wildman–Crippen LogP) is 6.57. The van der Waals surface area contributed by atoms with Crippen LogP contribution in [-0.4, -0.2) is 48.8 Å². The molecule has 0 spiro atoms. The minimum Gasteiger partial charge on any atom is -0.493 e. The molecule has 0 atom stereocenters. The average molecular weight is 575 g/mol. The molecule has 1 aliphatic rings. The van der Waals surface area contributed by atoms with Crippen LogP contribution in [0.4, 0.5) is 10.5 Å². The molecule has 4 rings (SSSR count). The average Bonchev–Trinajstić information content (AvgIpc) is 3.21. The quantitative estimate of drug-likeness (QED) is 0.259. The summed E-state index contributed by atoms with van der Waals surface area (Å²) < 4.78 is 17.0. The van der Waals surface area contributed by atoms with E-state index in [2.05, 4.69) is 19.2 Å². The molecule has 3 aromatic carbocycles. The van der Waals surface area contributed by atoms with Gasteiger partial charge in [0, 0.05) is 5.69 Å². The minimum atomic E-state index is -0.373. The molecule has 3 amide bonds. The van der Waals surface area contributed by atoms with Gasteiger partial charge in [0.15, 0.2) is 18.1 Å². The van der Waals surface area contributed by atoms with E-state index in [1.165, 1.54) is 12.0 Å². The fraction of sp³-hybridized carbons (Fsp3) is 0.281. The Kier molecular flexibility index (Phi) is 9.73. The molecule has 3 aromatic rings. The zero-order valence-electron chi connectivity index (χ0n) is 23.9. The highest BCUT2D eigenvalue weighted by molar-refractivity contribution is 8.18. The Bertz CT molecular complexity index is 1480. The molecule has 1 N–H and O–H groups in total. The number of nitrogens with one attached hydrogen (secondary N) is 1. The maximum absolute atomic E-state index is 13.0. The maximum Gasteiger partial charge on any atom is 0.293 e. The van der Waals surface area contributed by atoms with E-state index >= 15 is 0 Å². The zero-order valence-corrected chi connectivity index (χ0v) is 24.7. The predicted molar refractivity (Wildman–Crippen MR) is 162 cm³/mol. The monoisotopic (exact) mass is 574 g/mol. The van der Waals surface area contributed by atoms with Crippen LogP contribution in [0.15, 0.2) is 65.6 Å². The second kappa shape index (κ2) is 13.4. The molecule has 1 heterocycles. The number of nitrogens with zero attached hydrogens (tertiary/aromatic N) is 1. The summed E-state index contributed by atoms with van der Waals surface area (Å²) in [6.07, 6.45) is 1.64. The molecule has 0 unspecified atom stereocenters. The van der Waals surface area contributed by atoms with Gasteiger partial charge in [-0.05, 0) is 84.1 Å². The van der Waals surface area contributed by atoms with Crippen molar-refractivity contribution in [2.75, 3.05) is 32.2 Å². The van der Waals surface area contributed by atoms with Gasteiger partial charge in [-0.25, -0.2) is 0 Å². The molecule has 1 fully saturated rings. The van der Waals surface area contributed by atoms with Gasteiger partial charge in [-0.15, -0.1) is 0 Å². The number of para-hydroxylation sites is 1. The number of methoxy groups -OCH3 is 1. The number of rotatable bonds is 11. The molecule has 0 aliphatic carbocycles. The first-order valence-corrected chi connectivity index (χ1v) is 14.1. The van der Waals surface area contributed by atoms with Crippen LogP contribution in [0, 0.1) is 13.8 Å². The number of aryl methyl sites for hydroxylation is 2. The van der Waals surface area contributed by atoms with Gasteiger partial charge in [-0.3, -0.25) is 19.3 Å². The van der Waals surface area contributed by atoms with Crippen LogP contribution in [0.1, 0.15) is 42.0 Å². The van der Waals surface area contributed by atoms with E-state index in [9.17, 15) is 14.4 Å². The van der Waals surface area contributed by atoms with Crippen molar-refractivity contribution in [3.63, 3.8) is 0 Å². The first kappa shape index (κ1) is 29.7. The van der Waals surface area contributed by atoms with Crippen molar-refractivity contribution < 1.29 is 28.6 Å². The molecule has 1 aliphatic heterocycles. The normalized spacial score (nSPS) is 14.1. The molecule has 0 aromatic heterocycles. The maximum atomic E-state index is 13.0. The van der Waals surface area contributed by atoms with Crippen LogP contribution >= 0.6 is 11.8 Å². The lowest BCUT2D eigenvalue weighted by Gasteiger charge is -2.15. The number of hydrogen-bond donors (Lipinski definition) is 1. The third-order valence-corrected chi connectivity index (χ3v) is 7.40. The lowest BCUT2D eigenvalue weighted by molar-refractivity contribution is -0.123. The summed E-state index contributed by atoms with van der Waals surface area (Å²) in [4.78, 5) is 39.6. The fourth-order valence-corrected chi connectivity index (χ4v) is 5.16. The number of benzene rings is 3.